The highest BCUT2D eigenvalue weighted by atomic mass is 16.5. The molecule has 1 aromatic carbocycles. The minimum absolute atomic E-state index is 0.0456. The fraction of sp³-hybridized carbons (Fsp3) is 0.417. The molecule has 164 valence electrons. The lowest BCUT2D eigenvalue weighted by molar-refractivity contribution is 0.0932. The molecule has 1 aliphatic rings. The number of nitrogens with zero attached hydrogens (tertiary/aromatic N) is 3. The summed E-state index contributed by atoms with van der Waals surface area (Å²) in [6.07, 6.45) is 2.74. The first-order chi connectivity index (χ1) is 14.9. The number of carbonyl (C=O) groups excluding carboxylic acids is 1. The normalized spacial score (nSPS) is 14.8. The maximum atomic E-state index is 13.1. The van der Waals surface area contributed by atoms with Crippen LogP contribution in [0.3, 0.4) is 0 Å². The lowest BCUT2D eigenvalue weighted by Crippen LogP contribution is -2.37. The molecule has 0 bridgehead atoms. The Balaban J connectivity index is 1.44. The number of aryl methyl sites for hydroxylation is 2. The third-order valence-electron chi connectivity index (χ3n) is 5.71. The molecule has 0 fully saturated rings. The Morgan fingerprint density at radius 3 is 2.71 bits per heavy atom. The number of fused-ring (bicyclic) bond motifs is 1. The molecule has 4 rings (SSSR count). The fourth-order valence-electron chi connectivity index (χ4n) is 4.19. The van der Waals surface area contributed by atoms with Crippen molar-refractivity contribution >= 4 is 5.91 Å². The van der Waals surface area contributed by atoms with Gasteiger partial charge < -0.3 is 14.5 Å². The van der Waals surface area contributed by atoms with Gasteiger partial charge in [0.05, 0.1) is 24.9 Å². The number of aromatic nitrogens is 2. The number of furan rings is 1. The molecule has 1 unspecified atom stereocenters. The number of carbonyl (C=O) groups is 1. The first-order valence-electron chi connectivity index (χ1n) is 10.7. The van der Waals surface area contributed by atoms with E-state index in [9.17, 15) is 4.79 Å². The molecule has 0 radical (unpaired) electrons. The predicted molar refractivity (Wildman–Crippen MR) is 118 cm³/mol. The van der Waals surface area contributed by atoms with Gasteiger partial charge in [0.1, 0.15) is 17.3 Å². The summed E-state index contributed by atoms with van der Waals surface area (Å²) in [5.74, 6) is 2.40. The van der Waals surface area contributed by atoms with E-state index >= 15 is 0 Å². The monoisotopic (exact) mass is 422 g/mol. The molecule has 1 aliphatic heterocycles. The molecular weight excluding hydrogens is 392 g/mol. The van der Waals surface area contributed by atoms with Gasteiger partial charge in [-0.1, -0.05) is 12.1 Å². The summed E-state index contributed by atoms with van der Waals surface area (Å²) in [7, 11) is 1.67. The zero-order valence-electron chi connectivity index (χ0n) is 18.6. The van der Waals surface area contributed by atoms with E-state index in [0.29, 0.717) is 24.4 Å². The van der Waals surface area contributed by atoms with E-state index in [1.54, 1.807) is 7.11 Å². The smallest absolute Gasteiger partial charge is 0.255 e. The number of amides is 1. The van der Waals surface area contributed by atoms with Gasteiger partial charge >= 0.3 is 0 Å². The van der Waals surface area contributed by atoms with Crippen molar-refractivity contribution < 1.29 is 13.9 Å². The standard InChI is InChI=1S/C24H30N4O3/c1-16-9-12-28(26-16)13-17(2)25-24(29)23-18(3)31-22-10-11-27(15-21(22)23)14-19-5-7-20(30-4)8-6-19/h5-9,12,17H,10-11,13-15H2,1-4H3,(H,25,29). The molecule has 7 heteroatoms. The average Bonchev–Trinajstić information content (AvgIpc) is 3.29. The van der Waals surface area contributed by atoms with Gasteiger partial charge in [0.25, 0.3) is 5.91 Å². The number of rotatable bonds is 7. The van der Waals surface area contributed by atoms with Gasteiger partial charge in [-0.05, 0) is 44.5 Å². The molecule has 7 nitrogen and oxygen atoms in total. The molecule has 0 saturated heterocycles. The predicted octanol–water partition coefficient (Wildman–Crippen LogP) is 3.48. The van der Waals surface area contributed by atoms with E-state index in [0.717, 1.165) is 42.3 Å². The van der Waals surface area contributed by atoms with Gasteiger partial charge in [0, 0.05) is 43.9 Å². The number of hydrogen-bond donors (Lipinski definition) is 1. The number of ether oxygens (including phenoxy) is 1. The molecule has 1 amide bonds. The molecule has 3 heterocycles. The molecule has 0 aliphatic carbocycles. The summed E-state index contributed by atoms with van der Waals surface area (Å²) in [5, 5.41) is 7.52. The van der Waals surface area contributed by atoms with Crippen LogP contribution in [0.15, 0.2) is 40.9 Å². The van der Waals surface area contributed by atoms with Gasteiger partial charge in [-0.25, -0.2) is 0 Å². The maximum absolute atomic E-state index is 13.1. The van der Waals surface area contributed by atoms with E-state index in [1.807, 2.05) is 49.8 Å². The number of nitrogens with one attached hydrogen (secondary N) is 1. The van der Waals surface area contributed by atoms with Gasteiger partial charge in [-0.2, -0.15) is 5.10 Å². The Bertz CT molecular complexity index is 1050. The van der Waals surface area contributed by atoms with Crippen molar-refractivity contribution in [3.63, 3.8) is 0 Å². The van der Waals surface area contributed by atoms with Crippen molar-refractivity contribution in [1.29, 1.82) is 0 Å². The van der Waals surface area contributed by atoms with Gasteiger partial charge in [-0.15, -0.1) is 0 Å². The molecule has 3 aromatic rings. The Hall–Kier alpha value is -3.06. The van der Waals surface area contributed by atoms with Crippen LogP contribution in [0.1, 0.15) is 45.6 Å². The quantitative estimate of drug-likeness (QED) is 0.631. The van der Waals surface area contributed by atoms with Crippen LogP contribution < -0.4 is 10.1 Å². The maximum Gasteiger partial charge on any atom is 0.255 e. The summed E-state index contributed by atoms with van der Waals surface area (Å²) >= 11 is 0. The van der Waals surface area contributed by atoms with Crippen molar-refractivity contribution in [2.75, 3.05) is 13.7 Å². The Kier molecular flexibility index (Phi) is 6.13. The summed E-state index contributed by atoms with van der Waals surface area (Å²) in [6.45, 7) is 8.89. The van der Waals surface area contributed by atoms with Crippen LogP contribution in [-0.2, 0) is 26.1 Å². The minimum atomic E-state index is -0.0785. The second-order valence-corrected chi connectivity index (χ2v) is 8.30. The summed E-state index contributed by atoms with van der Waals surface area (Å²) < 4.78 is 13.1. The Morgan fingerprint density at radius 2 is 2.03 bits per heavy atom. The molecular formula is C24H30N4O3. The van der Waals surface area contributed by atoms with E-state index < -0.39 is 0 Å². The molecule has 0 saturated carbocycles. The topological polar surface area (TPSA) is 72.5 Å². The third kappa shape index (κ3) is 4.82. The van der Waals surface area contributed by atoms with Crippen LogP contribution in [0.5, 0.6) is 5.75 Å². The van der Waals surface area contributed by atoms with Crippen molar-refractivity contribution in [2.45, 2.75) is 52.9 Å². The lowest BCUT2D eigenvalue weighted by Gasteiger charge is -2.27. The average molecular weight is 423 g/mol. The van der Waals surface area contributed by atoms with Crippen molar-refractivity contribution in [3.8, 4) is 5.75 Å². The number of hydrogen-bond acceptors (Lipinski definition) is 5. The number of benzene rings is 1. The molecule has 0 spiro atoms. The van der Waals surface area contributed by atoms with Crippen molar-refractivity contribution in [3.05, 3.63) is 70.4 Å². The fourth-order valence-corrected chi connectivity index (χ4v) is 4.19. The SMILES string of the molecule is COc1ccc(CN2CCc3oc(C)c(C(=O)NC(C)Cn4ccc(C)n4)c3C2)cc1. The Morgan fingerprint density at radius 1 is 1.26 bits per heavy atom. The molecule has 31 heavy (non-hydrogen) atoms. The lowest BCUT2D eigenvalue weighted by atomic mass is 10.0. The van der Waals surface area contributed by atoms with Crippen LogP contribution in [-0.4, -0.2) is 40.3 Å². The van der Waals surface area contributed by atoms with E-state index in [1.165, 1.54) is 5.56 Å². The van der Waals surface area contributed by atoms with Crippen LogP contribution in [0.2, 0.25) is 0 Å². The summed E-state index contributed by atoms with van der Waals surface area (Å²) in [6, 6.07) is 10.0. The largest absolute Gasteiger partial charge is 0.497 e. The van der Waals surface area contributed by atoms with Crippen LogP contribution in [0, 0.1) is 13.8 Å². The van der Waals surface area contributed by atoms with Gasteiger partial charge in [-0.3, -0.25) is 14.4 Å². The van der Waals surface area contributed by atoms with Gasteiger partial charge in [0.15, 0.2) is 0 Å². The van der Waals surface area contributed by atoms with E-state index in [2.05, 4.69) is 27.4 Å². The van der Waals surface area contributed by atoms with E-state index in [4.69, 9.17) is 9.15 Å². The zero-order chi connectivity index (χ0) is 22.0. The highest BCUT2D eigenvalue weighted by Crippen LogP contribution is 2.29. The zero-order valence-corrected chi connectivity index (χ0v) is 18.6. The Labute approximate surface area is 183 Å². The number of methoxy groups -OCH3 is 1. The molecule has 1 atom stereocenters. The highest BCUT2D eigenvalue weighted by molar-refractivity contribution is 5.97. The van der Waals surface area contributed by atoms with Crippen LogP contribution in [0.4, 0.5) is 0 Å². The third-order valence-corrected chi connectivity index (χ3v) is 5.71. The second-order valence-electron chi connectivity index (χ2n) is 8.30. The second kappa shape index (κ2) is 8.98. The summed E-state index contributed by atoms with van der Waals surface area (Å²) in [4.78, 5) is 15.5. The van der Waals surface area contributed by atoms with Crippen molar-refractivity contribution in [2.24, 2.45) is 0 Å². The van der Waals surface area contributed by atoms with E-state index in [-0.39, 0.29) is 11.9 Å². The molecule has 1 N–H and O–H groups in total. The van der Waals surface area contributed by atoms with Crippen LogP contribution in [0.25, 0.3) is 0 Å². The highest BCUT2D eigenvalue weighted by Gasteiger charge is 2.28. The van der Waals surface area contributed by atoms with Crippen LogP contribution >= 0.6 is 0 Å². The minimum Gasteiger partial charge on any atom is -0.497 e. The first-order valence-corrected chi connectivity index (χ1v) is 10.7. The van der Waals surface area contributed by atoms with Crippen molar-refractivity contribution in [1.82, 2.24) is 20.0 Å². The first kappa shape index (κ1) is 21.2. The molecule has 2 aromatic heterocycles. The summed E-state index contributed by atoms with van der Waals surface area (Å²) in [5.41, 5.74) is 3.88. The van der Waals surface area contributed by atoms with Gasteiger partial charge in [0.2, 0.25) is 0 Å².